The number of aliphatic carboxylic acids is 1. The largest absolute Gasteiger partial charge is 0.478 e. The summed E-state index contributed by atoms with van der Waals surface area (Å²) in [5.41, 5.74) is 0. The number of carboxylic acids is 1. The van der Waals surface area contributed by atoms with Crippen LogP contribution in [0.3, 0.4) is 0 Å². The number of allylic oxidation sites excluding steroid dienone is 1. The van der Waals surface area contributed by atoms with Crippen LogP contribution in [-0.2, 0) is 4.79 Å². The zero-order valence-corrected chi connectivity index (χ0v) is 6.10. The Kier molecular flexibility index (Phi) is 5.42. The van der Waals surface area contributed by atoms with E-state index in [1.165, 1.54) is 6.08 Å². The van der Waals surface area contributed by atoms with Crippen LogP contribution >= 0.6 is 0 Å². The van der Waals surface area contributed by atoms with Gasteiger partial charge in [0.2, 0.25) is 0 Å². The lowest BCUT2D eigenvalue weighted by atomic mass is 10.2. The summed E-state index contributed by atoms with van der Waals surface area (Å²) in [6.07, 6.45) is 2.58. The maximum atomic E-state index is 9.91. The van der Waals surface area contributed by atoms with Crippen LogP contribution < -0.4 is 0 Å². The first-order valence-electron chi connectivity index (χ1n) is 3.35. The molecule has 0 fully saturated rings. The Morgan fingerprint density at radius 1 is 1.55 bits per heavy atom. The second-order valence-electron chi connectivity index (χ2n) is 2.15. The predicted molar refractivity (Wildman–Crippen MR) is 39.1 cm³/mol. The third-order valence-electron chi connectivity index (χ3n) is 1.14. The minimum absolute atomic E-state index is 0.277. The topological polar surface area (TPSA) is 77.8 Å². The van der Waals surface area contributed by atoms with Gasteiger partial charge in [-0.3, -0.25) is 0 Å². The summed E-state index contributed by atoms with van der Waals surface area (Å²) in [5.74, 6) is -0.997. The monoisotopic (exact) mass is 160 g/mol. The molecule has 0 saturated carbocycles. The van der Waals surface area contributed by atoms with Gasteiger partial charge in [0.15, 0.2) is 0 Å². The SMILES string of the molecule is O=C(O)C=CCCC(O)CO. The zero-order valence-electron chi connectivity index (χ0n) is 6.10. The van der Waals surface area contributed by atoms with E-state index in [0.29, 0.717) is 12.8 Å². The molecule has 0 rings (SSSR count). The average molecular weight is 160 g/mol. The smallest absolute Gasteiger partial charge is 0.327 e. The highest BCUT2D eigenvalue weighted by atomic mass is 16.4. The minimum atomic E-state index is -0.997. The first kappa shape index (κ1) is 10.1. The van der Waals surface area contributed by atoms with Crippen LogP contribution in [0.25, 0.3) is 0 Å². The van der Waals surface area contributed by atoms with Gasteiger partial charge in [-0.2, -0.15) is 0 Å². The van der Waals surface area contributed by atoms with Gasteiger partial charge in [0.05, 0.1) is 12.7 Å². The molecular weight excluding hydrogens is 148 g/mol. The third-order valence-corrected chi connectivity index (χ3v) is 1.14. The standard InChI is InChI=1S/C7H12O4/c8-5-6(9)3-1-2-4-7(10)11/h2,4,6,8-9H,1,3,5H2,(H,10,11). The van der Waals surface area contributed by atoms with E-state index in [1.54, 1.807) is 0 Å². The van der Waals surface area contributed by atoms with Crippen LogP contribution in [0.1, 0.15) is 12.8 Å². The highest BCUT2D eigenvalue weighted by Gasteiger charge is 1.98. The molecule has 0 bridgehead atoms. The van der Waals surface area contributed by atoms with Gasteiger partial charge in [-0.15, -0.1) is 0 Å². The highest BCUT2D eigenvalue weighted by Crippen LogP contribution is 1.96. The molecule has 0 aliphatic rings. The second-order valence-corrected chi connectivity index (χ2v) is 2.15. The summed E-state index contributed by atoms with van der Waals surface area (Å²) < 4.78 is 0. The fourth-order valence-corrected chi connectivity index (χ4v) is 0.564. The molecule has 3 N–H and O–H groups in total. The number of carbonyl (C=O) groups is 1. The third kappa shape index (κ3) is 7.02. The van der Waals surface area contributed by atoms with Crippen LogP contribution in [0, 0.1) is 0 Å². The molecule has 11 heavy (non-hydrogen) atoms. The summed E-state index contributed by atoms with van der Waals surface area (Å²) in [7, 11) is 0. The van der Waals surface area contributed by atoms with E-state index in [4.69, 9.17) is 15.3 Å². The zero-order chi connectivity index (χ0) is 8.69. The Labute approximate surface area is 64.8 Å². The lowest BCUT2D eigenvalue weighted by Gasteiger charge is -2.02. The Hall–Kier alpha value is -0.870. The van der Waals surface area contributed by atoms with E-state index < -0.39 is 12.1 Å². The van der Waals surface area contributed by atoms with Crippen molar-refractivity contribution < 1.29 is 20.1 Å². The van der Waals surface area contributed by atoms with Gasteiger partial charge in [-0.1, -0.05) is 6.08 Å². The first-order valence-corrected chi connectivity index (χ1v) is 3.35. The quantitative estimate of drug-likeness (QED) is 0.485. The maximum absolute atomic E-state index is 9.91. The summed E-state index contributed by atoms with van der Waals surface area (Å²) in [4.78, 5) is 9.91. The van der Waals surface area contributed by atoms with Crippen LogP contribution in [-0.4, -0.2) is 34.0 Å². The summed E-state index contributed by atoms with van der Waals surface area (Å²) >= 11 is 0. The average Bonchev–Trinajstić information content (AvgIpc) is 1.97. The summed E-state index contributed by atoms with van der Waals surface area (Å²) in [6.45, 7) is -0.277. The molecule has 0 aliphatic heterocycles. The Balaban J connectivity index is 3.33. The Morgan fingerprint density at radius 2 is 2.18 bits per heavy atom. The molecule has 0 aromatic heterocycles. The molecule has 0 heterocycles. The van der Waals surface area contributed by atoms with Crippen molar-refractivity contribution in [3.8, 4) is 0 Å². The molecule has 0 spiro atoms. The number of aliphatic hydroxyl groups excluding tert-OH is 2. The van der Waals surface area contributed by atoms with Gasteiger partial charge in [0.1, 0.15) is 0 Å². The number of aliphatic hydroxyl groups is 2. The van der Waals surface area contributed by atoms with Crippen LogP contribution in [0.2, 0.25) is 0 Å². The molecule has 64 valence electrons. The van der Waals surface area contributed by atoms with Crippen molar-refractivity contribution in [1.82, 2.24) is 0 Å². The van der Waals surface area contributed by atoms with E-state index >= 15 is 0 Å². The van der Waals surface area contributed by atoms with Crippen molar-refractivity contribution in [3.05, 3.63) is 12.2 Å². The van der Waals surface area contributed by atoms with Crippen molar-refractivity contribution in [2.75, 3.05) is 6.61 Å². The predicted octanol–water partition coefficient (Wildman–Crippen LogP) is -0.239. The van der Waals surface area contributed by atoms with Gasteiger partial charge in [-0.25, -0.2) is 4.79 Å². The number of carboxylic acid groups (broad SMARTS) is 1. The number of rotatable bonds is 5. The van der Waals surface area contributed by atoms with Crippen LogP contribution in [0.5, 0.6) is 0 Å². The maximum Gasteiger partial charge on any atom is 0.327 e. The number of hydrogen-bond donors (Lipinski definition) is 3. The Morgan fingerprint density at radius 3 is 2.64 bits per heavy atom. The molecule has 0 radical (unpaired) electrons. The van der Waals surface area contributed by atoms with Gasteiger partial charge < -0.3 is 15.3 Å². The Bertz CT molecular complexity index is 141. The molecule has 0 amide bonds. The van der Waals surface area contributed by atoms with Crippen molar-refractivity contribution in [3.63, 3.8) is 0 Å². The molecule has 0 aromatic carbocycles. The molecular formula is C7H12O4. The molecule has 4 heteroatoms. The lowest BCUT2D eigenvalue weighted by Crippen LogP contribution is -2.10. The van der Waals surface area contributed by atoms with Gasteiger partial charge >= 0.3 is 5.97 Å². The molecule has 4 nitrogen and oxygen atoms in total. The molecule has 0 aliphatic carbocycles. The first-order chi connectivity index (χ1) is 5.16. The fraction of sp³-hybridized carbons (Fsp3) is 0.571. The van der Waals surface area contributed by atoms with Gasteiger partial charge in [0, 0.05) is 6.08 Å². The molecule has 1 atom stereocenters. The van der Waals surface area contributed by atoms with E-state index in [-0.39, 0.29) is 6.61 Å². The van der Waals surface area contributed by atoms with E-state index in [0.717, 1.165) is 6.08 Å². The molecule has 0 saturated heterocycles. The molecule has 1 unspecified atom stereocenters. The van der Waals surface area contributed by atoms with Crippen LogP contribution in [0.15, 0.2) is 12.2 Å². The summed E-state index contributed by atoms with van der Waals surface area (Å²) in [5, 5.41) is 25.3. The summed E-state index contributed by atoms with van der Waals surface area (Å²) in [6, 6.07) is 0. The normalized spacial score (nSPS) is 13.6. The van der Waals surface area contributed by atoms with E-state index in [1.807, 2.05) is 0 Å². The molecule has 0 aromatic rings. The lowest BCUT2D eigenvalue weighted by molar-refractivity contribution is -0.131. The second kappa shape index (κ2) is 5.88. The van der Waals surface area contributed by atoms with Crippen molar-refractivity contribution in [2.24, 2.45) is 0 Å². The minimum Gasteiger partial charge on any atom is -0.478 e. The van der Waals surface area contributed by atoms with E-state index in [2.05, 4.69) is 0 Å². The van der Waals surface area contributed by atoms with E-state index in [9.17, 15) is 4.79 Å². The van der Waals surface area contributed by atoms with Gasteiger partial charge in [-0.05, 0) is 12.8 Å². The van der Waals surface area contributed by atoms with Crippen molar-refractivity contribution in [2.45, 2.75) is 18.9 Å². The van der Waals surface area contributed by atoms with Crippen molar-refractivity contribution in [1.29, 1.82) is 0 Å². The van der Waals surface area contributed by atoms with Crippen LogP contribution in [0.4, 0.5) is 0 Å². The highest BCUT2D eigenvalue weighted by molar-refractivity contribution is 5.79. The van der Waals surface area contributed by atoms with Gasteiger partial charge in [0.25, 0.3) is 0 Å². The number of hydrogen-bond acceptors (Lipinski definition) is 3. The van der Waals surface area contributed by atoms with Crippen molar-refractivity contribution >= 4 is 5.97 Å². The fourth-order valence-electron chi connectivity index (χ4n) is 0.564.